The Kier molecular flexibility index (Phi) is 4.35. The van der Waals surface area contributed by atoms with Gasteiger partial charge < -0.3 is 9.84 Å². The van der Waals surface area contributed by atoms with Crippen molar-refractivity contribution in [3.63, 3.8) is 0 Å². The van der Waals surface area contributed by atoms with Crippen LogP contribution in [0.2, 0.25) is 0 Å². The number of carboxylic acids is 1. The normalized spacial score (nSPS) is 18.5. The maximum atomic E-state index is 11.0. The van der Waals surface area contributed by atoms with Gasteiger partial charge in [-0.15, -0.1) is 0 Å². The smallest absolute Gasteiger partial charge is 0.321 e. The van der Waals surface area contributed by atoms with Crippen molar-refractivity contribution in [3.05, 3.63) is 0 Å². The standard InChI is InChI=1S/C10H19NO3/c1-11(6-3-7-14-2)9(10(12)13)8-4-5-8/h8-9H,3-7H2,1-2H3,(H,12,13). The molecule has 82 valence electrons. The van der Waals surface area contributed by atoms with Crippen molar-refractivity contribution in [2.24, 2.45) is 5.92 Å². The second-order valence-electron chi connectivity index (χ2n) is 3.95. The molecular weight excluding hydrogens is 182 g/mol. The Bertz CT molecular complexity index is 192. The highest BCUT2D eigenvalue weighted by atomic mass is 16.5. The summed E-state index contributed by atoms with van der Waals surface area (Å²) >= 11 is 0. The van der Waals surface area contributed by atoms with Crippen molar-refractivity contribution in [1.29, 1.82) is 0 Å². The third-order valence-corrected chi connectivity index (χ3v) is 2.66. The van der Waals surface area contributed by atoms with Crippen LogP contribution in [0, 0.1) is 5.92 Å². The van der Waals surface area contributed by atoms with Gasteiger partial charge in [0.25, 0.3) is 0 Å². The minimum atomic E-state index is -0.688. The van der Waals surface area contributed by atoms with Crippen LogP contribution < -0.4 is 0 Å². The van der Waals surface area contributed by atoms with Crippen molar-refractivity contribution < 1.29 is 14.6 Å². The van der Waals surface area contributed by atoms with Gasteiger partial charge in [0.05, 0.1) is 0 Å². The monoisotopic (exact) mass is 201 g/mol. The lowest BCUT2D eigenvalue weighted by Gasteiger charge is -2.24. The van der Waals surface area contributed by atoms with E-state index in [0.717, 1.165) is 25.8 Å². The minimum absolute atomic E-state index is 0.285. The minimum Gasteiger partial charge on any atom is -0.480 e. The summed E-state index contributed by atoms with van der Waals surface area (Å²) in [7, 11) is 3.54. The number of methoxy groups -OCH3 is 1. The molecule has 0 aliphatic heterocycles. The molecule has 1 rings (SSSR count). The summed E-state index contributed by atoms with van der Waals surface area (Å²) in [6.07, 6.45) is 3.01. The lowest BCUT2D eigenvalue weighted by atomic mass is 10.1. The third-order valence-electron chi connectivity index (χ3n) is 2.66. The molecule has 1 aliphatic rings. The topological polar surface area (TPSA) is 49.8 Å². The van der Waals surface area contributed by atoms with Gasteiger partial charge in [0.15, 0.2) is 0 Å². The van der Waals surface area contributed by atoms with E-state index in [1.807, 2.05) is 11.9 Å². The maximum Gasteiger partial charge on any atom is 0.321 e. The zero-order valence-corrected chi connectivity index (χ0v) is 8.90. The van der Waals surface area contributed by atoms with Crippen molar-refractivity contribution in [2.45, 2.75) is 25.3 Å². The first kappa shape index (κ1) is 11.5. The molecule has 1 fully saturated rings. The predicted molar refractivity (Wildman–Crippen MR) is 53.3 cm³/mol. The van der Waals surface area contributed by atoms with Crippen molar-refractivity contribution >= 4 is 5.97 Å². The van der Waals surface area contributed by atoms with Crippen LogP contribution in [0.5, 0.6) is 0 Å². The lowest BCUT2D eigenvalue weighted by Crippen LogP contribution is -2.40. The molecule has 0 aromatic heterocycles. The molecule has 1 unspecified atom stereocenters. The lowest BCUT2D eigenvalue weighted by molar-refractivity contribution is -0.143. The number of ether oxygens (including phenoxy) is 1. The van der Waals surface area contributed by atoms with Crippen LogP contribution in [-0.2, 0) is 9.53 Å². The van der Waals surface area contributed by atoms with Gasteiger partial charge in [-0.1, -0.05) is 0 Å². The summed E-state index contributed by atoms with van der Waals surface area (Å²) in [5.41, 5.74) is 0. The molecule has 0 amide bonds. The summed E-state index contributed by atoms with van der Waals surface area (Å²) in [5.74, 6) is -0.313. The molecule has 4 heteroatoms. The third kappa shape index (κ3) is 3.27. The van der Waals surface area contributed by atoms with E-state index >= 15 is 0 Å². The molecule has 4 nitrogen and oxygen atoms in total. The fraction of sp³-hybridized carbons (Fsp3) is 0.900. The highest BCUT2D eigenvalue weighted by Gasteiger charge is 2.38. The van der Waals surface area contributed by atoms with E-state index in [1.54, 1.807) is 7.11 Å². The molecule has 0 saturated heterocycles. The van der Waals surface area contributed by atoms with E-state index in [1.165, 1.54) is 0 Å². The number of rotatable bonds is 7. The largest absolute Gasteiger partial charge is 0.480 e. The predicted octanol–water partition coefficient (Wildman–Crippen LogP) is 0.818. The Morgan fingerprint density at radius 3 is 2.71 bits per heavy atom. The molecule has 0 aromatic carbocycles. The molecule has 0 aromatic rings. The van der Waals surface area contributed by atoms with E-state index in [2.05, 4.69) is 0 Å². The van der Waals surface area contributed by atoms with E-state index in [-0.39, 0.29) is 6.04 Å². The van der Waals surface area contributed by atoms with Gasteiger partial charge in [0, 0.05) is 20.3 Å². The molecular formula is C10H19NO3. The Labute approximate surface area is 84.8 Å². The van der Waals surface area contributed by atoms with Crippen LogP contribution >= 0.6 is 0 Å². The number of aliphatic carboxylic acids is 1. The Balaban J connectivity index is 2.31. The second-order valence-corrected chi connectivity index (χ2v) is 3.95. The number of likely N-dealkylation sites (N-methyl/N-ethyl adjacent to an activating group) is 1. The highest BCUT2D eigenvalue weighted by Crippen LogP contribution is 2.35. The van der Waals surface area contributed by atoms with Crippen LogP contribution in [0.1, 0.15) is 19.3 Å². The summed E-state index contributed by atoms with van der Waals surface area (Å²) < 4.78 is 4.93. The fourth-order valence-electron chi connectivity index (χ4n) is 1.76. The van der Waals surface area contributed by atoms with Gasteiger partial charge >= 0.3 is 5.97 Å². The van der Waals surface area contributed by atoms with E-state index < -0.39 is 5.97 Å². The van der Waals surface area contributed by atoms with E-state index in [4.69, 9.17) is 9.84 Å². The first-order chi connectivity index (χ1) is 6.66. The quantitative estimate of drug-likeness (QED) is 0.619. The van der Waals surface area contributed by atoms with Gasteiger partial charge in [-0.05, 0) is 32.2 Å². The van der Waals surface area contributed by atoms with Crippen LogP contribution in [0.3, 0.4) is 0 Å². The molecule has 0 spiro atoms. The number of hydrogen-bond donors (Lipinski definition) is 1. The molecule has 0 radical (unpaired) electrons. The fourth-order valence-corrected chi connectivity index (χ4v) is 1.76. The number of nitrogens with zero attached hydrogens (tertiary/aromatic N) is 1. The summed E-state index contributed by atoms with van der Waals surface area (Å²) in [4.78, 5) is 12.9. The van der Waals surface area contributed by atoms with Gasteiger partial charge in [-0.25, -0.2) is 0 Å². The Morgan fingerprint density at radius 2 is 2.29 bits per heavy atom. The van der Waals surface area contributed by atoms with Gasteiger partial charge in [-0.2, -0.15) is 0 Å². The molecule has 0 bridgehead atoms. The number of hydrogen-bond acceptors (Lipinski definition) is 3. The molecule has 0 heterocycles. The zero-order chi connectivity index (χ0) is 10.6. The summed E-state index contributed by atoms with van der Waals surface area (Å²) in [6, 6.07) is -0.285. The Hall–Kier alpha value is -0.610. The second kappa shape index (κ2) is 5.32. The van der Waals surface area contributed by atoms with E-state index in [0.29, 0.717) is 12.5 Å². The number of carboxylic acid groups (broad SMARTS) is 1. The molecule has 1 atom stereocenters. The van der Waals surface area contributed by atoms with Crippen LogP contribution in [0.25, 0.3) is 0 Å². The van der Waals surface area contributed by atoms with E-state index in [9.17, 15) is 4.79 Å². The van der Waals surface area contributed by atoms with Crippen LogP contribution in [0.4, 0.5) is 0 Å². The number of carbonyl (C=O) groups is 1. The van der Waals surface area contributed by atoms with Gasteiger partial charge in [0.2, 0.25) is 0 Å². The molecule has 14 heavy (non-hydrogen) atoms. The van der Waals surface area contributed by atoms with Gasteiger partial charge in [0.1, 0.15) is 6.04 Å². The van der Waals surface area contributed by atoms with Crippen LogP contribution in [-0.4, -0.2) is 49.3 Å². The Morgan fingerprint density at radius 1 is 1.64 bits per heavy atom. The first-order valence-electron chi connectivity index (χ1n) is 5.08. The molecule has 1 N–H and O–H groups in total. The summed E-state index contributed by atoms with van der Waals surface area (Å²) in [5, 5.41) is 9.04. The average Bonchev–Trinajstić information content (AvgIpc) is 2.88. The highest BCUT2D eigenvalue weighted by molar-refractivity contribution is 5.74. The first-order valence-corrected chi connectivity index (χ1v) is 5.08. The van der Waals surface area contributed by atoms with Gasteiger partial charge in [-0.3, -0.25) is 9.69 Å². The SMILES string of the molecule is COCCCN(C)C(C(=O)O)C1CC1. The maximum absolute atomic E-state index is 11.0. The van der Waals surface area contributed by atoms with Crippen molar-refractivity contribution in [1.82, 2.24) is 4.90 Å². The van der Waals surface area contributed by atoms with Crippen molar-refractivity contribution in [3.8, 4) is 0 Å². The average molecular weight is 201 g/mol. The zero-order valence-electron chi connectivity index (χ0n) is 8.90. The molecule has 1 aliphatic carbocycles. The molecule has 1 saturated carbocycles. The summed E-state index contributed by atoms with van der Waals surface area (Å²) in [6.45, 7) is 1.49. The van der Waals surface area contributed by atoms with Crippen molar-refractivity contribution in [2.75, 3.05) is 27.3 Å². The van der Waals surface area contributed by atoms with Crippen LogP contribution in [0.15, 0.2) is 0 Å².